The quantitative estimate of drug-likeness (QED) is 0.870. The highest BCUT2D eigenvalue weighted by Crippen LogP contribution is 2.30. The topological polar surface area (TPSA) is 110 Å². The molecule has 0 radical (unpaired) electrons. The highest BCUT2D eigenvalue weighted by atomic mass is 16.5. The van der Waals surface area contributed by atoms with Crippen LogP contribution >= 0.6 is 0 Å². The number of nitrogens with two attached hydrogens (primary N) is 1. The number of nitrogens with one attached hydrogen (secondary N) is 1. The van der Waals surface area contributed by atoms with Gasteiger partial charge in [-0.15, -0.1) is 0 Å². The molecule has 8 nitrogen and oxygen atoms in total. The van der Waals surface area contributed by atoms with Crippen LogP contribution in [0.15, 0.2) is 18.5 Å². The number of nitrogens with zero attached hydrogens (tertiary/aromatic N) is 4. The number of carbonyl (C=O) groups is 1. The molecule has 8 heteroatoms. The number of nitrogen functional groups attached to an aromatic ring is 1. The first kappa shape index (κ1) is 16.0. The molecule has 2 aliphatic heterocycles. The lowest BCUT2D eigenvalue weighted by molar-refractivity contribution is 0.0704. The second kappa shape index (κ2) is 6.79. The standard InChI is InChI=1S/C17H22N6O2/c18-17-19-5-3-14(21-17)11-2-1-6-23(9-11)16(24)13-8-20-22-15(13)12-4-7-25-10-12/h3,5,8,11-12H,1-2,4,6-7,9-10H2,(H,20,22)(H2,18,19,21). The van der Waals surface area contributed by atoms with E-state index in [9.17, 15) is 4.79 Å². The predicted molar refractivity (Wildman–Crippen MR) is 91.1 cm³/mol. The molecular formula is C17H22N6O2. The van der Waals surface area contributed by atoms with Gasteiger partial charge in [-0.1, -0.05) is 0 Å². The summed E-state index contributed by atoms with van der Waals surface area (Å²) in [6.45, 7) is 2.77. The Bertz CT molecular complexity index is 755. The molecule has 132 valence electrons. The second-order valence-corrected chi connectivity index (χ2v) is 6.69. The molecule has 2 aliphatic rings. The van der Waals surface area contributed by atoms with Crippen LogP contribution in [0.3, 0.4) is 0 Å². The lowest BCUT2D eigenvalue weighted by atomic mass is 9.93. The van der Waals surface area contributed by atoms with Crippen molar-refractivity contribution >= 4 is 11.9 Å². The maximum absolute atomic E-state index is 13.0. The average Bonchev–Trinajstić information content (AvgIpc) is 3.32. The van der Waals surface area contributed by atoms with Crippen LogP contribution in [0.4, 0.5) is 5.95 Å². The van der Waals surface area contributed by atoms with E-state index in [4.69, 9.17) is 10.5 Å². The number of likely N-dealkylation sites (tertiary alicyclic amines) is 1. The van der Waals surface area contributed by atoms with Gasteiger partial charge >= 0.3 is 0 Å². The first-order valence-electron chi connectivity index (χ1n) is 8.71. The number of ether oxygens (including phenoxy) is 1. The number of amides is 1. The van der Waals surface area contributed by atoms with E-state index in [1.807, 2.05) is 11.0 Å². The summed E-state index contributed by atoms with van der Waals surface area (Å²) in [7, 11) is 0. The van der Waals surface area contributed by atoms with Gasteiger partial charge in [0.1, 0.15) is 0 Å². The van der Waals surface area contributed by atoms with Crippen molar-refractivity contribution in [2.45, 2.75) is 31.1 Å². The molecule has 0 aromatic carbocycles. The van der Waals surface area contributed by atoms with Crippen molar-refractivity contribution in [2.75, 3.05) is 32.0 Å². The maximum atomic E-state index is 13.0. The van der Waals surface area contributed by atoms with Crippen LogP contribution in [0.2, 0.25) is 0 Å². The molecule has 0 bridgehead atoms. The average molecular weight is 342 g/mol. The summed E-state index contributed by atoms with van der Waals surface area (Å²) in [6.07, 6.45) is 6.18. The van der Waals surface area contributed by atoms with Crippen LogP contribution in [0, 0.1) is 0 Å². The van der Waals surface area contributed by atoms with Crippen molar-refractivity contribution < 1.29 is 9.53 Å². The number of aromatic amines is 1. The first-order chi connectivity index (χ1) is 12.2. The van der Waals surface area contributed by atoms with E-state index in [-0.39, 0.29) is 23.7 Å². The number of rotatable bonds is 3. The third kappa shape index (κ3) is 3.21. The number of hydrogen-bond donors (Lipinski definition) is 2. The third-order valence-corrected chi connectivity index (χ3v) is 5.06. The highest BCUT2D eigenvalue weighted by Gasteiger charge is 2.31. The predicted octanol–water partition coefficient (Wildman–Crippen LogP) is 1.31. The van der Waals surface area contributed by atoms with Crippen molar-refractivity contribution in [3.63, 3.8) is 0 Å². The Kier molecular flexibility index (Phi) is 4.35. The number of hydrogen-bond acceptors (Lipinski definition) is 6. The Morgan fingerprint density at radius 3 is 3.08 bits per heavy atom. The fraction of sp³-hybridized carbons (Fsp3) is 0.529. The fourth-order valence-electron chi connectivity index (χ4n) is 3.73. The van der Waals surface area contributed by atoms with E-state index in [1.54, 1.807) is 12.4 Å². The van der Waals surface area contributed by atoms with Gasteiger partial charge in [-0.05, 0) is 25.3 Å². The molecule has 4 rings (SSSR count). The Morgan fingerprint density at radius 2 is 2.28 bits per heavy atom. The summed E-state index contributed by atoms with van der Waals surface area (Å²) in [5.41, 5.74) is 8.17. The summed E-state index contributed by atoms with van der Waals surface area (Å²) >= 11 is 0. The maximum Gasteiger partial charge on any atom is 0.257 e. The molecule has 0 saturated carbocycles. The van der Waals surface area contributed by atoms with E-state index in [0.717, 1.165) is 43.8 Å². The van der Waals surface area contributed by atoms with Crippen LogP contribution < -0.4 is 5.73 Å². The largest absolute Gasteiger partial charge is 0.381 e. The summed E-state index contributed by atoms with van der Waals surface area (Å²) in [5, 5.41) is 7.11. The van der Waals surface area contributed by atoms with Gasteiger partial charge in [-0.3, -0.25) is 9.89 Å². The Hall–Kier alpha value is -2.48. The Labute approximate surface area is 145 Å². The van der Waals surface area contributed by atoms with E-state index < -0.39 is 0 Å². The molecule has 2 fully saturated rings. The number of carbonyl (C=O) groups excluding carboxylic acids is 1. The number of aromatic nitrogens is 4. The summed E-state index contributed by atoms with van der Waals surface area (Å²) in [4.78, 5) is 23.2. The van der Waals surface area contributed by atoms with Crippen molar-refractivity contribution in [3.05, 3.63) is 35.4 Å². The van der Waals surface area contributed by atoms with E-state index in [0.29, 0.717) is 18.7 Å². The molecule has 1 amide bonds. The minimum absolute atomic E-state index is 0.0300. The first-order valence-corrected chi connectivity index (χ1v) is 8.71. The molecule has 2 unspecified atom stereocenters. The minimum Gasteiger partial charge on any atom is -0.381 e. The minimum atomic E-state index is 0.0300. The van der Waals surface area contributed by atoms with Crippen LogP contribution in [0.5, 0.6) is 0 Å². The van der Waals surface area contributed by atoms with Crippen LogP contribution in [-0.2, 0) is 4.74 Å². The lowest BCUT2D eigenvalue weighted by Crippen LogP contribution is -2.39. The van der Waals surface area contributed by atoms with Gasteiger partial charge in [0.2, 0.25) is 5.95 Å². The Balaban J connectivity index is 1.52. The molecule has 0 aliphatic carbocycles. The molecule has 2 atom stereocenters. The second-order valence-electron chi connectivity index (χ2n) is 6.69. The number of anilines is 1. The van der Waals surface area contributed by atoms with Crippen LogP contribution in [0.25, 0.3) is 0 Å². The monoisotopic (exact) mass is 342 g/mol. The fourth-order valence-corrected chi connectivity index (χ4v) is 3.73. The van der Waals surface area contributed by atoms with Gasteiger partial charge < -0.3 is 15.4 Å². The highest BCUT2D eigenvalue weighted by molar-refractivity contribution is 5.95. The molecule has 25 heavy (non-hydrogen) atoms. The molecular weight excluding hydrogens is 320 g/mol. The van der Waals surface area contributed by atoms with E-state index >= 15 is 0 Å². The van der Waals surface area contributed by atoms with Gasteiger partial charge in [0.15, 0.2) is 0 Å². The third-order valence-electron chi connectivity index (χ3n) is 5.06. The zero-order chi connectivity index (χ0) is 17.2. The van der Waals surface area contributed by atoms with E-state index in [1.165, 1.54) is 0 Å². The van der Waals surface area contributed by atoms with Crippen molar-refractivity contribution in [3.8, 4) is 0 Å². The lowest BCUT2D eigenvalue weighted by Gasteiger charge is -2.32. The normalized spacial score (nSPS) is 23.8. The molecule has 3 N–H and O–H groups in total. The van der Waals surface area contributed by atoms with Crippen molar-refractivity contribution in [2.24, 2.45) is 0 Å². The smallest absolute Gasteiger partial charge is 0.257 e. The van der Waals surface area contributed by atoms with Gasteiger partial charge in [0.25, 0.3) is 5.91 Å². The number of piperidine rings is 1. The molecule has 2 saturated heterocycles. The molecule has 4 heterocycles. The summed E-state index contributed by atoms with van der Waals surface area (Å²) in [5.74, 6) is 0.721. The van der Waals surface area contributed by atoms with Gasteiger partial charge in [0.05, 0.1) is 29.8 Å². The van der Waals surface area contributed by atoms with Gasteiger partial charge in [-0.2, -0.15) is 5.10 Å². The van der Waals surface area contributed by atoms with Crippen LogP contribution in [-0.4, -0.2) is 57.3 Å². The van der Waals surface area contributed by atoms with Crippen molar-refractivity contribution in [1.29, 1.82) is 0 Å². The molecule has 2 aromatic rings. The molecule has 0 spiro atoms. The summed E-state index contributed by atoms with van der Waals surface area (Å²) < 4.78 is 5.45. The van der Waals surface area contributed by atoms with Crippen molar-refractivity contribution in [1.82, 2.24) is 25.1 Å². The zero-order valence-corrected chi connectivity index (χ0v) is 14.0. The molecule has 2 aromatic heterocycles. The summed E-state index contributed by atoms with van der Waals surface area (Å²) in [6, 6.07) is 1.88. The Morgan fingerprint density at radius 1 is 1.36 bits per heavy atom. The zero-order valence-electron chi connectivity index (χ0n) is 14.0. The van der Waals surface area contributed by atoms with E-state index in [2.05, 4.69) is 20.2 Å². The van der Waals surface area contributed by atoms with Gasteiger partial charge in [0, 0.05) is 37.7 Å². The van der Waals surface area contributed by atoms with Gasteiger partial charge in [-0.25, -0.2) is 9.97 Å². The number of H-pyrrole nitrogens is 1. The van der Waals surface area contributed by atoms with Crippen LogP contribution in [0.1, 0.15) is 52.8 Å². The SMILES string of the molecule is Nc1nccc(C2CCCN(C(=O)c3cn[nH]c3C3CCOC3)C2)n1.